The van der Waals surface area contributed by atoms with E-state index in [0.717, 1.165) is 19.2 Å². The molecule has 0 heterocycles. The van der Waals surface area contributed by atoms with Crippen molar-refractivity contribution >= 4 is 66.8 Å². The van der Waals surface area contributed by atoms with Crippen LogP contribution in [-0.4, -0.2) is 31.4 Å². The van der Waals surface area contributed by atoms with E-state index < -0.39 is 15.9 Å². The van der Waals surface area contributed by atoms with Crippen LogP contribution in [0.4, 0.5) is 0 Å². The maximum Gasteiger partial charge on any atom is 0.243 e. The van der Waals surface area contributed by atoms with Gasteiger partial charge in [-0.05, 0) is 72.8 Å². The highest BCUT2D eigenvalue weighted by molar-refractivity contribution is 9.10. The summed E-state index contributed by atoms with van der Waals surface area (Å²) in [5.74, 6) is -0.424. The van der Waals surface area contributed by atoms with Crippen molar-refractivity contribution in [2.45, 2.75) is 29.3 Å². The van der Waals surface area contributed by atoms with E-state index in [-0.39, 0.29) is 24.0 Å². The maximum absolute atomic E-state index is 13.4. The Balaban J connectivity index is 1.84. The fraction of sp³-hybridized carbons (Fsp3) is 0.208. The molecule has 0 bridgehead atoms. The summed E-state index contributed by atoms with van der Waals surface area (Å²) in [6.07, 6.45) is 1.99. The zero-order valence-electron chi connectivity index (χ0n) is 18.5. The minimum Gasteiger partial charge on any atom is -0.348 e. The third kappa shape index (κ3) is 6.99. The predicted molar refractivity (Wildman–Crippen MR) is 143 cm³/mol. The number of sulfonamides is 1. The Labute approximate surface area is 223 Å². The molecule has 0 radical (unpaired) electrons. The van der Waals surface area contributed by atoms with E-state index in [9.17, 15) is 13.2 Å². The molecule has 0 aromatic heterocycles. The van der Waals surface area contributed by atoms with Gasteiger partial charge in [0.05, 0.1) is 17.5 Å². The van der Waals surface area contributed by atoms with Gasteiger partial charge in [0.2, 0.25) is 15.9 Å². The molecule has 0 fully saturated rings. The van der Waals surface area contributed by atoms with Gasteiger partial charge >= 0.3 is 0 Å². The van der Waals surface area contributed by atoms with Gasteiger partial charge in [-0.1, -0.05) is 57.3 Å². The highest BCUT2D eigenvalue weighted by atomic mass is 79.9. The summed E-state index contributed by atoms with van der Waals surface area (Å²) in [4.78, 5) is 14.1. The molecule has 3 rings (SSSR count). The Hall–Kier alpha value is -1.55. The molecule has 0 saturated carbocycles. The largest absolute Gasteiger partial charge is 0.348 e. The van der Waals surface area contributed by atoms with Crippen LogP contribution >= 0.6 is 50.9 Å². The predicted octanol–water partition coefficient (Wildman–Crippen LogP) is 6.55. The molecule has 0 aliphatic rings. The molecule has 1 amide bonds. The third-order valence-electron chi connectivity index (χ3n) is 5.13. The Morgan fingerprint density at radius 1 is 1.06 bits per heavy atom. The van der Waals surface area contributed by atoms with Gasteiger partial charge in [0, 0.05) is 26.0 Å². The van der Waals surface area contributed by atoms with E-state index >= 15 is 0 Å². The van der Waals surface area contributed by atoms with Crippen LogP contribution in [0.5, 0.6) is 0 Å². The van der Waals surface area contributed by atoms with Crippen molar-refractivity contribution < 1.29 is 13.2 Å². The lowest BCUT2D eigenvalue weighted by Crippen LogP contribution is -2.41. The van der Waals surface area contributed by atoms with E-state index in [1.54, 1.807) is 42.1 Å². The van der Waals surface area contributed by atoms with Crippen molar-refractivity contribution in [2.24, 2.45) is 0 Å². The van der Waals surface area contributed by atoms with Gasteiger partial charge in [-0.15, -0.1) is 11.8 Å². The first kappa shape index (κ1) is 27.0. The second kappa shape index (κ2) is 11.9. The fourth-order valence-corrected chi connectivity index (χ4v) is 5.76. The van der Waals surface area contributed by atoms with Crippen LogP contribution in [0.3, 0.4) is 0 Å². The van der Waals surface area contributed by atoms with Crippen LogP contribution in [0.1, 0.15) is 24.1 Å². The molecule has 0 aliphatic carbocycles. The van der Waals surface area contributed by atoms with Crippen LogP contribution < -0.4 is 5.32 Å². The number of nitrogens with one attached hydrogen (secondary N) is 1. The molecule has 0 unspecified atom stereocenters. The number of hydrogen-bond donors (Lipinski definition) is 1. The smallest absolute Gasteiger partial charge is 0.243 e. The SMILES string of the molecule is CSc1ccc([C@@H](C)NC(=O)CN(Cc2ccc(Cl)cc2Cl)S(=O)(=O)c2ccc(Br)cc2)cc1. The maximum atomic E-state index is 13.4. The minimum absolute atomic E-state index is 0.0780. The van der Waals surface area contributed by atoms with Gasteiger partial charge in [-0.25, -0.2) is 8.42 Å². The Bertz CT molecular complexity index is 1250. The molecule has 10 heteroatoms. The highest BCUT2D eigenvalue weighted by Gasteiger charge is 2.28. The van der Waals surface area contributed by atoms with Crippen molar-refractivity contribution in [3.63, 3.8) is 0 Å². The second-order valence-electron chi connectivity index (χ2n) is 7.53. The van der Waals surface area contributed by atoms with Gasteiger partial charge in [-0.2, -0.15) is 4.31 Å². The third-order valence-corrected chi connectivity index (χ3v) is 8.79. The van der Waals surface area contributed by atoms with Gasteiger partial charge in [0.1, 0.15) is 0 Å². The van der Waals surface area contributed by atoms with Crippen molar-refractivity contribution in [1.29, 1.82) is 0 Å². The first-order valence-electron chi connectivity index (χ1n) is 10.2. The quantitative estimate of drug-likeness (QED) is 0.283. The van der Waals surface area contributed by atoms with Crippen LogP contribution in [0, 0.1) is 0 Å². The van der Waals surface area contributed by atoms with Crippen LogP contribution in [-0.2, 0) is 21.4 Å². The van der Waals surface area contributed by atoms with Crippen molar-refractivity contribution in [2.75, 3.05) is 12.8 Å². The zero-order chi connectivity index (χ0) is 24.9. The lowest BCUT2D eigenvalue weighted by Gasteiger charge is -2.24. The fourth-order valence-electron chi connectivity index (χ4n) is 3.24. The molecule has 34 heavy (non-hydrogen) atoms. The lowest BCUT2D eigenvalue weighted by atomic mass is 10.1. The van der Waals surface area contributed by atoms with Gasteiger partial charge in [0.15, 0.2) is 0 Å². The molecule has 180 valence electrons. The summed E-state index contributed by atoms with van der Waals surface area (Å²) < 4.78 is 28.8. The summed E-state index contributed by atoms with van der Waals surface area (Å²) in [6, 6.07) is 18.7. The van der Waals surface area contributed by atoms with E-state index in [1.165, 1.54) is 12.1 Å². The number of rotatable bonds is 9. The number of nitrogens with zero attached hydrogens (tertiary/aromatic N) is 1. The number of carbonyl (C=O) groups excluding carboxylic acids is 1. The van der Waals surface area contributed by atoms with Crippen LogP contribution in [0.15, 0.2) is 81.0 Å². The summed E-state index contributed by atoms with van der Waals surface area (Å²) in [5.41, 5.74) is 1.47. The number of halogens is 3. The number of carbonyl (C=O) groups is 1. The summed E-state index contributed by atoms with van der Waals surface area (Å²) in [5, 5.41) is 3.66. The number of amides is 1. The lowest BCUT2D eigenvalue weighted by molar-refractivity contribution is -0.122. The molecular formula is C24H23BrCl2N2O3S2. The van der Waals surface area contributed by atoms with Gasteiger partial charge < -0.3 is 5.32 Å². The van der Waals surface area contributed by atoms with E-state index in [2.05, 4.69) is 21.2 Å². The first-order chi connectivity index (χ1) is 16.1. The molecule has 3 aromatic rings. The van der Waals surface area contributed by atoms with Crippen LogP contribution in [0.2, 0.25) is 10.0 Å². The summed E-state index contributed by atoms with van der Waals surface area (Å²) in [7, 11) is -3.99. The van der Waals surface area contributed by atoms with E-state index in [1.807, 2.05) is 37.4 Å². The molecule has 0 spiro atoms. The summed E-state index contributed by atoms with van der Waals surface area (Å²) in [6.45, 7) is 1.40. The normalized spacial score (nSPS) is 12.5. The Morgan fingerprint density at radius 2 is 1.71 bits per heavy atom. The Kier molecular flexibility index (Phi) is 9.49. The average molecular weight is 602 g/mol. The molecule has 5 nitrogen and oxygen atoms in total. The molecular weight excluding hydrogens is 579 g/mol. The zero-order valence-corrected chi connectivity index (χ0v) is 23.2. The first-order valence-corrected chi connectivity index (χ1v) is 14.4. The molecule has 0 aliphatic heterocycles. The average Bonchev–Trinajstić information content (AvgIpc) is 2.80. The summed E-state index contributed by atoms with van der Waals surface area (Å²) >= 11 is 17.2. The molecule has 3 aromatic carbocycles. The van der Waals surface area contributed by atoms with Crippen molar-refractivity contribution in [3.05, 3.63) is 92.4 Å². The molecule has 1 atom stereocenters. The van der Waals surface area contributed by atoms with E-state index in [0.29, 0.717) is 15.6 Å². The Morgan fingerprint density at radius 3 is 2.29 bits per heavy atom. The molecule has 1 N–H and O–H groups in total. The van der Waals surface area contributed by atoms with Crippen molar-refractivity contribution in [3.8, 4) is 0 Å². The van der Waals surface area contributed by atoms with Gasteiger partial charge in [0.25, 0.3) is 0 Å². The van der Waals surface area contributed by atoms with Crippen LogP contribution in [0.25, 0.3) is 0 Å². The van der Waals surface area contributed by atoms with Crippen molar-refractivity contribution in [1.82, 2.24) is 9.62 Å². The van der Waals surface area contributed by atoms with Gasteiger partial charge in [-0.3, -0.25) is 4.79 Å². The second-order valence-corrected chi connectivity index (χ2v) is 12.1. The highest BCUT2D eigenvalue weighted by Crippen LogP contribution is 2.26. The van der Waals surface area contributed by atoms with E-state index in [4.69, 9.17) is 23.2 Å². The number of hydrogen-bond acceptors (Lipinski definition) is 4. The minimum atomic E-state index is -3.99. The standard InChI is InChI=1S/C24H23BrCl2N2O3S2/c1-16(17-4-9-21(33-2)10-5-17)28-24(30)15-29(14-18-3-8-20(26)13-23(18)27)34(31,32)22-11-6-19(25)7-12-22/h3-13,16H,14-15H2,1-2H3,(H,28,30)/t16-/m1/s1. The number of thioether (sulfide) groups is 1. The molecule has 0 saturated heterocycles. The topological polar surface area (TPSA) is 66.5 Å². The monoisotopic (exact) mass is 600 g/mol. The number of benzene rings is 3.